The molecule has 0 spiro atoms. The number of carbonyl (C=O) groups excluding carboxylic acids is 2. The predicted octanol–water partition coefficient (Wildman–Crippen LogP) is 3.55. The van der Waals surface area contributed by atoms with Gasteiger partial charge in [-0.25, -0.2) is 0 Å². The maximum absolute atomic E-state index is 12.5. The number of nitro groups is 1. The Morgan fingerprint density at radius 3 is 2.62 bits per heavy atom. The molecular weight excluding hydrogens is 358 g/mol. The highest BCUT2D eigenvalue weighted by Gasteiger charge is 2.35. The van der Waals surface area contributed by atoms with E-state index in [9.17, 15) is 19.7 Å². The number of aryl methyl sites for hydroxylation is 1. The number of rotatable bonds is 4. The maximum atomic E-state index is 12.5. The van der Waals surface area contributed by atoms with Crippen molar-refractivity contribution in [2.45, 2.75) is 13.3 Å². The zero-order valence-corrected chi connectivity index (χ0v) is 14.7. The van der Waals surface area contributed by atoms with E-state index >= 15 is 0 Å². The molecule has 0 aromatic heterocycles. The standard InChI is InChI=1S/C18H16ClN3O4/c1-11-2-7-15(16(8-11)22(25)26)20-18(24)12-9-17(23)21(10-12)14-5-3-13(19)4-6-14/h2-8,12H,9-10H2,1H3,(H,20,24). The number of benzene rings is 2. The summed E-state index contributed by atoms with van der Waals surface area (Å²) in [7, 11) is 0. The third-order valence-corrected chi connectivity index (χ3v) is 4.49. The van der Waals surface area contributed by atoms with Gasteiger partial charge in [-0.1, -0.05) is 17.7 Å². The number of nitrogens with one attached hydrogen (secondary N) is 1. The number of nitro benzene ring substituents is 1. The van der Waals surface area contributed by atoms with Crippen LogP contribution in [-0.2, 0) is 9.59 Å². The molecular formula is C18H16ClN3O4. The molecule has 0 radical (unpaired) electrons. The second-order valence-corrected chi connectivity index (χ2v) is 6.59. The van der Waals surface area contributed by atoms with Gasteiger partial charge in [0.15, 0.2) is 0 Å². The Bertz CT molecular complexity index is 883. The lowest BCUT2D eigenvalue weighted by atomic mass is 10.1. The maximum Gasteiger partial charge on any atom is 0.293 e. The molecule has 7 nitrogen and oxygen atoms in total. The number of anilines is 2. The summed E-state index contributed by atoms with van der Waals surface area (Å²) in [5.74, 6) is -1.17. The molecule has 1 atom stereocenters. The fourth-order valence-electron chi connectivity index (χ4n) is 2.89. The Balaban J connectivity index is 1.75. The first-order chi connectivity index (χ1) is 12.3. The van der Waals surface area contributed by atoms with Crippen molar-refractivity contribution in [1.82, 2.24) is 0 Å². The number of halogens is 1. The van der Waals surface area contributed by atoms with Gasteiger partial charge in [-0.2, -0.15) is 0 Å². The number of hydrogen-bond donors (Lipinski definition) is 1. The van der Waals surface area contributed by atoms with Gasteiger partial charge in [-0.15, -0.1) is 0 Å². The van der Waals surface area contributed by atoms with E-state index in [4.69, 9.17) is 11.6 Å². The minimum Gasteiger partial charge on any atom is -0.320 e. The summed E-state index contributed by atoms with van der Waals surface area (Å²) in [6.45, 7) is 1.95. The van der Waals surface area contributed by atoms with Crippen molar-refractivity contribution in [2.24, 2.45) is 5.92 Å². The zero-order valence-electron chi connectivity index (χ0n) is 13.9. The van der Waals surface area contributed by atoms with Crippen LogP contribution in [0.15, 0.2) is 42.5 Å². The first kappa shape index (κ1) is 17.9. The Labute approximate surface area is 154 Å². The largest absolute Gasteiger partial charge is 0.320 e. The Morgan fingerprint density at radius 1 is 1.27 bits per heavy atom. The molecule has 1 aliphatic heterocycles. The highest BCUT2D eigenvalue weighted by Crippen LogP contribution is 2.29. The highest BCUT2D eigenvalue weighted by molar-refractivity contribution is 6.30. The Kier molecular flexibility index (Phi) is 4.90. The van der Waals surface area contributed by atoms with Crippen LogP contribution in [0.25, 0.3) is 0 Å². The van der Waals surface area contributed by atoms with Crippen LogP contribution in [0.2, 0.25) is 5.02 Å². The second kappa shape index (κ2) is 7.13. The van der Waals surface area contributed by atoms with Crippen LogP contribution >= 0.6 is 11.6 Å². The van der Waals surface area contributed by atoms with Crippen LogP contribution < -0.4 is 10.2 Å². The van der Waals surface area contributed by atoms with Crippen molar-refractivity contribution in [3.63, 3.8) is 0 Å². The smallest absolute Gasteiger partial charge is 0.293 e. The molecule has 0 aliphatic carbocycles. The molecule has 0 bridgehead atoms. The number of nitrogens with zero attached hydrogens (tertiary/aromatic N) is 2. The number of hydrogen-bond acceptors (Lipinski definition) is 4. The first-order valence-electron chi connectivity index (χ1n) is 7.97. The average Bonchev–Trinajstić information content (AvgIpc) is 2.99. The van der Waals surface area contributed by atoms with Crippen LogP contribution in [-0.4, -0.2) is 23.3 Å². The van der Waals surface area contributed by atoms with Crippen molar-refractivity contribution < 1.29 is 14.5 Å². The van der Waals surface area contributed by atoms with E-state index in [0.717, 1.165) is 5.56 Å². The van der Waals surface area contributed by atoms with Crippen LogP contribution in [0, 0.1) is 23.0 Å². The molecule has 8 heteroatoms. The normalized spacial score (nSPS) is 16.6. The van der Waals surface area contributed by atoms with E-state index in [0.29, 0.717) is 10.7 Å². The monoisotopic (exact) mass is 373 g/mol. The average molecular weight is 374 g/mol. The molecule has 2 aromatic rings. The van der Waals surface area contributed by atoms with Crippen LogP contribution in [0.5, 0.6) is 0 Å². The minimum absolute atomic E-state index is 0.0497. The van der Waals surface area contributed by atoms with Crippen LogP contribution in [0.3, 0.4) is 0 Å². The highest BCUT2D eigenvalue weighted by atomic mass is 35.5. The molecule has 2 amide bonds. The van der Waals surface area contributed by atoms with Crippen molar-refractivity contribution in [1.29, 1.82) is 0 Å². The van der Waals surface area contributed by atoms with Gasteiger partial charge in [0.05, 0.1) is 10.8 Å². The Morgan fingerprint density at radius 2 is 1.96 bits per heavy atom. The molecule has 3 rings (SSSR count). The molecule has 1 unspecified atom stereocenters. The lowest BCUT2D eigenvalue weighted by Gasteiger charge is -2.16. The summed E-state index contributed by atoms with van der Waals surface area (Å²) >= 11 is 5.85. The molecule has 134 valence electrons. The Hall–Kier alpha value is -2.93. The van der Waals surface area contributed by atoms with E-state index in [1.165, 1.54) is 17.0 Å². The summed E-state index contributed by atoms with van der Waals surface area (Å²) in [6.07, 6.45) is 0.0497. The fraction of sp³-hybridized carbons (Fsp3) is 0.222. The van der Waals surface area contributed by atoms with Gasteiger partial charge < -0.3 is 10.2 Å². The zero-order chi connectivity index (χ0) is 18.8. The van der Waals surface area contributed by atoms with Crippen molar-refractivity contribution >= 4 is 40.5 Å². The number of carbonyl (C=O) groups is 2. The van der Waals surface area contributed by atoms with Crippen LogP contribution in [0.4, 0.5) is 17.1 Å². The minimum atomic E-state index is -0.584. The molecule has 1 N–H and O–H groups in total. The van der Waals surface area contributed by atoms with Crippen molar-refractivity contribution in [2.75, 3.05) is 16.8 Å². The molecule has 1 fully saturated rings. The SMILES string of the molecule is Cc1ccc(NC(=O)C2CC(=O)N(c3ccc(Cl)cc3)C2)c([N+](=O)[O-])c1. The van der Waals surface area contributed by atoms with E-state index in [1.807, 2.05) is 0 Å². The first-order valence-corrected chi connectivity index (χ1v) is 8.35. The van der Waals surface area contributed by atoms with E-state index in [1.54, 1.807) is 37.3 Å². The fourth-order valence-corrected chi connectivity index (χ4v) is 3.01. The second-order valence-electron chi connectivity index (χ2n) is 6.15. The van der Waals surface area contributed by atoms with Gasteiger partial charge in [0.25, 0.3) is 5.69 Å². The van der Waals surface area contributed by atoms with E-state index in [2.05, 4.69) is 5.32 Å². The van der Waals surface area contributed by atoms with E-state index in [-0.39, 0.29) is 30.2 Å². The summed E-state index contributed by atoms with van der Waals surface area (Å²) < 4.78 is 0. The lowest BCUT2D eigenvalue weighted by molar-refractivity contribution is -0.384. The van der Waals surface area contributed by atoms with Gasteiger partial charge >= 0.3 is 0 Å². The number of amides is 2. The molecule has 1 saturated heterocycles. The predicted molar refractivity (Wildman–Crippen MR) is 98.4 cm³/mol. The molecule has 2 aromatic carbocycles. The third-order valence-electron chi connectivity index (χ3n) is 4.24. The van der Waals surface area contributed by atoms with Crippen molar-refractivity contribution in [3.05, 3.63) is 63.2 Å². The van der Waals surface area contributed by atoms with Gasteiger partial charge in [-0.05, 0) is 42.8 Å². The summed E-state index contributed by atoms with van der Waals surface area (Å²) in [4.78, 5) is 36.9. The summed E-state index contributed by atoms with van der Waals surface area (Å²) in [5.41, 5.74) is 1.34. The molecule has 26 heavy (non-hydrogen) atoms. The quantitative estimate of drug-likeness (QED) is 0.655. The lowest BCUT2D eigenvalue weighted by Crippen LogP contribution is -2.28. The van der Waals surface area contributed by atoms with Crippen molar-refractivity contribution in [3.8, 4) is 0 Å². The van der Waals surface area contributed by atoms with E-state index < -0.39 is 16.7 Å². The summed E-state index contributed by atoms with van der Waals surface area (Å²) in [6, 6.07) is 11.4. The van der Waals surface area contributed by atoms with Gasteiger partial charge in [0.2, 0.25) is 11.8 Å². The topological polar surface area (TPSA) is 92.6 Å². The van der Waals surface area contributed by atoms with Gasteiger partial charge in [0, 0.05) is 29.7 Å². The summed E-state index contributed by atoms with van der Waals surface area (Å²) in [5, 5.41) is 14.3. The molecule has 1 heterocycles. The molecule has 0 saturated carbocycles. The van der Waals surface area contributed by atoms with Gasteiger partial charge in [0.1, 0.15) is 5.69 Å². The van der Waals surface area contributed by atoms with Crippen LogP contribution in [0.1, 0.15) is 12.0 Å². The van der Waals surface area contributed by atoms with Gasteiger partial charge in [-0.3, -0.25) is 19.7 Å². The molecule has 1 aliphatic rings. The third kappa shape index (κ3) is 3.67.